The molecule has 0 heterocycles. The van der Waals surface area contributed by atoms with Gasteiger partial charge >= 0.3 is 0 Å². The van der Waals surface area contributed by atoms with E-state index < -0.39 is 6.04 Å². The van der Waals surface area contributed by atoms with Crippen LogP contribution in [0.15, 0.2) is 5.18 Å². The molecule has 0 rings (SSSR count). The number of carbonyl (C=O) groups is 1. The fourth-order valence-corrected chi connectivity index (χ4v) is 0.597. The Bertz CT molecular complexity index is 112. The van der Waals surface area contributed by atoms with Gasteiger partial charge in [-0.3, -0.25) is 4.79 Å². The van der Waals surface area contributed by atoms with E-state index in [1.165, 1.54) is 0 Å². The Morgan fingerprint density at radius 1 is 1.56 bits per heavy atom. The predicted molar refractivity (Wildman–Crippen MR) is 35.2 cm³/mol. The van der Waals surface area contributed by atoms with E-state index in [1.807, 2.05) is 0 Å². The number of nitroso groups, excluding NO2 is 1. The van der Waals surface area contributed by atoms with Crippen LogP contribution >= 0.6 is 0 Å². The van der Waals surface area contributed by atoms with Crippen molar-refractivity contribution in [3.63, 3.8) is 0 Å². The van der Waals surface area contributed by atoms with E-state index in [-0.39, 0.29) is 5.78 Å². The lowest BCUT2D eigenvalue weighted by molar-refractivity contribution is -0.119. The summed E-state index contributed by atoms with van der Waals surface area (Å²) in [7, 11) is 0. The zero-order valence-electron chi connectivity index (χ0n) is 5.76. The number of carbonyl (C=O) groups excluding carboxylic acids is 1. The van der Waals surface area contributed by atoms with Crippen LogP contribution in [-0.2, 0) is 4.79 Å². The topological polar surface area (TPSA) is 46.5 Å². The van der Waals surface area contributed by atoms with Gasteiger partial charge in [-0.1, -0.05) is 19.0 Å². The maximum absolute atomic E-state index is 10.7. The molecule has 0 aromatic heterocycles. The summed E-state index contributed by atoms with van der Waals surface area (Å²) in [6, 6.07) is -0.602. The van der Waals surface area contributed by atoms with Crippen LogP contribution in [0.25, 0.3) is 0 Å². The molecule has 0 aromatic rings. The average Bonchev–Trinajstić information content (AvgIpc) is 1.90. The zero-order valence-corrected chi connectivity index (χ0v) is 5.76. The molecule has 9 heavy (non-hydrogen) atoms. The van der Waals surface area contributed by atoms with Crippen LogP contribution in [0.4, 0.5) is 0 Å². The average molecular weight is 129 g/mol. The first-order chi connectivity index (χ1) is 4.26. The Hall–Kier alpha value is -0.730. The van der Waals surface area contributed by atoms with Gasteiger partial charge in [0.1, 0.15) is 6.04 Å². The first-order valence-corrected chi connectivity index (χ1v) is 3.11. The lowest BCUT2D eigenvalue weighted by Crippen LogP contribution is -2.15. The lowest BCUT2D eigenvalue weighted by atomic mass is 10.1. The van der Waals surface area contributed by atoms with Gasteiger partial charge in [-0.05, 0) is 6.42 Å². The molecule has 0 radical (unpaired) electrons. The van der Waals surface area contributed by atoms with Gasteiger partial charge in [0.15, 0.2) is 5.78 Å². The standard InChI is InChI=1S/C6H11NO2/c1-3-5(7-9)6(8)4-2/h5H,3-4H2,1-2H3. The molecule has 0 saturated heterocycles. The Kier molecular flexibility index (Phi) is 3.84. The van der Waals surface area contributed by atoms with Gasteiger partial charge < -0.3 is 0 Å². The molecule has 0 fully saturated rings. The normalized spacial score (nSPS) is 12.7. The van der Waals surface area contributed by atoms with E-state index in [2.05, 4.69) is 5.18 Å². The molecule has 1 unspecified atom stereocenters. The fourth-order valence-electron chi connectivity index (χ4n) is 0.597. The smallest absolute Gasteiger partial charge is 0.160 e. The number of hydrogen-bond donors (Lipinski definition) is 0. The van der Waals surface area contributed by atoms with Crippen LogP contribution in [0, 0.1) is 4.91 Å². The minimum absolute atomic E-state index is 0.0625. The highest BCUT2D eigenvalue weighted by molar-refractivity contribution is 5.83. The summed E-state index contributed by atoms with van der Waals surface area (Å²) in [4.78, 5) is 20.5. The Labute approximate surface area is 54.4 Å². The predicted octanol–water partition coefficient (Wildman–Crippen LogP) is 1.51. The van der Waals surface area contributed by atoms with Gasteiger partial charge in [-0.2, -0.15) is 4.91 Å². The molecule has 0 saturated carbocycles. The molecular formula is C6H11NO2. The summed E-state index contributed by atoms with van der Waals surface area (Å²) >= 11 is 0. The van der Waals surface area contributed by atoms with Crippen LogP contribution < -0.4 is 0 Å². The molecule has 0 aliphatic rings. The summed E-state index contributed by atoms with van der Waals surface area (Å²) in [6.45, 7) is 3.51. The van der Waals surface area contributed by atoms with Crippen LogP contribution in [0.3, 0.4) is 0 Å². The number of ketones is 1. The molecule has 3 heteroatoms. The molecule has 1 atom stereocenters. The van der Waals surface area contributed by atoms with E-state index >= 15 is 0 Å². The van der Waals surface area contributed by atoms with Gasteiger partial charge in [-0.25, -0.2) is 0 Å². The van der Waals surface area contributed by atoms with Crippen molar-refractivity contribution in [1.82, 2.24) is 0 Å². The summed E-state index contributed by atoms with van der Waals surface area (Å²) in [5, 5.41) is 2.68. The van der Waals surface area contributed by atoms with Gasteiger partial charge in [-0.15, -0.1) is 0 Å². The number of rotatable bonds is 4. The van der Waals surface area contributed by atoms with Gasteiger partial charge in [0.05, 0.1) is 0 Å². The minimum atomic E-state index is -0.602. The van der Waals surface area contributed by atoms with E-state index in [0.29, 0.717) is 12.8 Å². The molecule has 3 nitrogen and oxygen atoms in total. The van der Waals surface area contributed by atoms with Crippen molar-refractivity contribution < 1.29 is 4.79 Å². The monoisotopic (exact) mass is 129 g/mol. The molecule has 0 bridgehead atoms. The number of hydrogen-bond acceptors (Lipinski definition) is 3. The fraction of sp³-hybridized carbons (Fsp3) is 0.833. The highest BCUT2D eigenvalue weighted by Crippen LogP contribution is 2.00. The van der Waals surface area contributed by atoms with Crippen LogP contribution in [0.5, 0.6) is 0 Å². The summed E-state index contributed by atoms with van der Waals surface area (Å²) in [5.41, 5.74) is 0. The molecule has 0 aliphatic carbocycles. The summed E-state index contributed by atoms with van der Waals surface area (Å²) in [6.07, 6.45) is 0.931. The van der Waals surface area contributed by atoms with Crippen molar-refractivity contribution in [3.8, 4) is 0 Å². The first-order valence-electron chi connectivity index (χ1n) is 3.11. The third-order valence-electron chi connectivity index (χ3n) is 1.23. The molecule has 0 aromatic carbocycles. The van der Waals surface area contributed by atoms with Gasteiger partial charge in [0.2, 0.25) is 0 Å². The SMILES string of the molecule is CCC(=O)C(CC)N=O. The quantitative estimate of drug-likeness (QED) is 0.540. The van der Waals surface area contributed by atoms with Crippen molar-refractivity contribution in [3.05, 3.63) is 4.91 Å². The van der Waals surface area contributed by atoms with Crippen molar-refractivity contribution >= 4 is 5.78 Å². The minimum Gasteiger partial charge on any atom is -0.297 e. The Balaban J connectivity index is 3.78. The van der Waals surface area contributed by atoms with Crippen molar-refractivity contribution in [2.45, 2.75) is 32.7 Å². The van der Waals surface area contributed by atoms with Crippen molar-refractivity contribution in [1.29, 1.82) is 0 Å². The summed E-state index contributed by atoms with van der Waals surface area (Å²) < 4.78 is 0. The van der Waals surface area contributed by atoms with E-state index in [0.717, 1.165) is 0 Å². The van der Waals surface area contributed by atoms with Crippen molar-refractivity contribution in [2.75, 3.05) is 0 Å². The molecule has 0 amide bonds. The first kappa shape index (κ1) is 8.27. The number of Topliss-reactive ketones (excluding diaryl/α,β-unsaturated/α-hetero) is 1. The van der Waals surface area contributed by atoms with Crippen LogP contribution in [0.2, 0.25) is 0 Å². The highest BCUT2D eigenvalue weighted by Gasteiger charge is 2.13. The maximum atomic E-state index is 10.7. The van der Waals surface area contributed by atoms with Gasteiger partial charge in [0, 0.05) is 6.42 Å². The Morgan fingerprint density at radius 3 is 2.22 bits per heavy atom. The molecule has 0 aliphatic heterocycles. The van der Waals surface area contributed by atoms with E-state index in [9.17, 15) is 9.70 Å². The highest BCUT2D eigenvalue weighted by atomic mass is 16.3. The largest absolute Gasteiger partial charge is 0.297 e. The van der Waals surface area contributed by atoms with Crippen LogP contribution in [0.1, 0.15) is 26.7 Å². The molecule has 52 valence electrons. The second-order valence-corrected chi connectivity index (χ2v) is 1.85. The maximum Gasteiger partial charge on any atom is 0.160 e. The summed E-state index contributed by atoms with van der Waals surface area (Å²) in [5.74, 6) is -0.0625. The van der Waals surface area contributed by atoms with Gasteiger partial charge in [0.25, 0.3) is 0 Å². The molecule has 0 N–H and O–H groups in total. The third-order valence-corrected chi connectivity index (χ3v) is 1.23. The van der Waals surface area contributed by atoms with Crippen molar-refractivity contribution in [2.24, 2.45) is 5.18 Å². The third kappa shape index (κ3) is 2.35. The zero-order chi connectivity index (χ0) is 7.28. The molecule has 0 spiro atoms. The van der Waals surface area contributed by atoms with Crippen LogP contribution in [-0.4, -0.2) is 11.8 Å². The Morgan fingerprint density at radius 2 is 2.11 bits per heavy atom. The van der Waals surface area contributed by atoms with E-state index in [1.54, 1.807) is 13.8 Å². The second kappa shape index (κ2) is 4.18. The second-order valence-electron chi connectivity index (χ2n) is 1.85. The lowest BCUT2D eigenvalue weighted by Gasteiger charge is -1.99. The number of nitrogens with zero attached hydrogens (tertiary/aromatic N) is 1. The van der Waals surface area contributed by atoms with E-state index in [4.69, 9.17) is 0 Å². The molecular weight excluding hydrogens is 118 g/mol.